The van der Waals surface area contributed by atoms with Crippen LogP contribution in [0.1, 0.15) is 38.5 Å². The van der Waals surface area contributed by atoms with Crippen LogP contribution in [0.15, 0.2) is 23.3 Å². The summed E-state index contributed by atoms with van der Waals surface area (Å²) >= 11 is 0. The van der Waals surface area contributed by atoms with Crippen molar-refractivity contribution in [3.63, 3.8) is 0 Å². The highest BCUT2D eigenvalue weighted by molar-refractivity contribution is 6.01. The molecule has 4 nitrogen and oxygen atoms in total. The molecule has 2 atom stereocenters. The summed E-state index contributed by atoms with van der Waals surface area (Å²) in [4.78, 5) is 25.4. The van der Waals surface area contributed by atoms with Crippen LogP contribution in [0, 0.1) is 16.2 Å². The van der Waals surface area contributed by atoms with Gasteiger partial charge in [0.05, 0.1) is 0 Å². The first-order valence-corrected chi connectivity index (χ1v) is 7.47. The Kier molecular flexibility index (Phi) is 1.68. The molecule has 2 bridgehead atoms. The molecule has 0 aromatic rings. The maximum Gasteiger partial charge on any atom is 0.323 e. The second-order valence-corrected chi connectivity index (χ2v) is 6.71. The molecular formula is C16H16O4. The molecule has 0 aromatic heterocycles. The van der Waals surface area contributed by atoms with E-state index in [0.717, 1.165) is 43.3 Å². The van der Waals surface area contributed by atoms with Crippen LogP contribution in [0.4, 0.5) is 0 Å². The van der Waals surface area contributed by atoms with Gasteiger partial charge in [0, 0.05) is 5.41 Å². The zero-order valence-corrected chi connectivity index (χ0v) is 11.2. The van der Waals surface area contributed by atoms with E-state index < -0.39 is 10.8 Å². The van der Waals surface area contributed by atoms with Gasteiger partial charge in [0.1, 0.15) is 10.8 Å². The average Bonchev–Trinajstić information content (AvgIpc) is 3.18. The summed E-state index contributed by atoms with van der Waals surface area (Å²) in [5, 5.41) is 0. The van der Waals surface area contributed by atoms with Crippen molar-refractivity contribution in [3.05, 3.63) is 23.3 Å². The summed E-state index contributed by atoms with van der Waals surface area (Å²) in [6, 6.07) is 0. The Morgan fingerprint density at radius 1 is 0.850 bits per heavy atom. The number of carbonyl (C=O) groups excluding carboxylic acids is 2. The summed E-state index contributed by atoms with van der Waals surface area (Å²) in [5.74, 6) is -0.403. The minimum Gasteiger partial charge on any atom is -0.427 e. The number of rotatable bonds is 0. The molecule has 2 fully saturated rings. The summed E-state index contributed by atoms with van der Waals surface area (Å²) in [5.41, 5.74) is 0.691. The van der Waals surface area contributed by atoms with Crippen LogP contribution in [0.2, 0.25) is 0 Å². The molecule has 0 radical (unpaired) electrons. The first kappa shape index (κ1) is 11.1. The molecule has 0 unspecified atom stereocenters. The Balaban J connectivity index is 1.81. The van der Waals surface area contributed by atoms with Crippen molar-refractivity contribution >= 4 is 11.9 Å². The van der Waals surface area contributed by atoms with E-state index in [1.807, 2.05) is 12.2 Å². The fourth-order valence-corrected chi connectivity index (χ4v) is 5.63. The Morgan fingerprint density at radius 3 is 1.95 bits per heavy atom. The van der Waals surface area contributed by atoms with Crippen LogP contribution in [-0.4, -0.2) is 18.7 Å². The Bertz CT molecular complexity index is 578. The molecule has 1 saturated heterocycles. The van der Waals surface area contributed by atoms with Gasteiger partial charge in [-0.3, -0.25) is 9.59 Å². The summed E-state index contributed by atoms with van der Waals surface area (Å²) in [7, 11) is 0. The third kappa shape index (κ3) is 0.810. The van der Waals surface area contributed by atoms with Gasteiger partial charge in [-0.1, -0.05) is 31.4 Å². The van der Waals surface area contributed by atoms with E-state index in [2.05, 4.69) is 0 Å². The quantitative estimate of drug-likeness (QED) is 0.501. The van der Waals surface area contributed by atoms with Crippen molar-refractivity contribution < 1.29 is 19.1 Å². The van der Waals surface area contributed by atoms with Gasteiger partial charge in [-0.05, 0) is 30.4 Å². The van der Waals surface area contributed by atoms with E-state index in [-0.39, 0.29) is 24.1 Å². The van der Waals surface area contributed by atoms with E-state index in [1.165, 1.54) is 6.42 Å². The van der Waals surface area contributed by atoms with E-state index in [9.17, 15) is 9.59 Å². The number of ether oxygens (including phenoxy) is 2. The zero-order valence-electron chi connectivity index (χ0n) is 11.2. The smallest absolute Gasteiger partial charge is 0.323 e. The van der Waals surface area contributed by atoms with Crippen molar-refractivity contribution in [2.45, 2.75) is 38.5 Å². The Labute approximate surface area is 116 Å². The van der Waals surface area contributed by atoms with Crippen LogP contribution in [0.25, 0.3) is 0 Å². The second-order valence-electron chi connectivity index (χ2n) is 6.71. The fourth-order valence-electron chi connectivity index (χ4n) is 5.63. The SMILES string of the molecule is O=C1OCOC(=O)[C@@]23C=C[C@]1(C1=C2C1)C31CCCCC1. The number of hydrogen-bond acceptors (Lipinski definition) is 4. The first-order valence-electron chi connectivity index (χ1n) is 7.47. The number of carbonyl (C=O) groups is 2. The van der Waals surface area contributed by atoms with E-state index >= 15 is 0 Å². The largest absolute Gasteiger partial charge is 0.427 e. The Morgan fingerprint density at radius 2 is 1.40 bits per heavy atom. The lowest BCUT2D eigenvalue weighted by atomic mass is 9.50. The van der Waals surface area contributed by atoms with Crippen LogP contribution < -0.4 is 0 Å². The molecule has 1 saturated carbocycles. The normalized spacial score (nSPS) is 43.0. The lowest BCUT2D eigenvalue weighted by Gasteiger charge is -2.52. The number of hydrogen-bond donors (Lipinski definition) is 0. The average molecular weight is 272 g/mol. The highest BCUT2D eigenvalue weighted by atomic mass is 16.7. The molecular weight excluding hydrogens is 256 g/mol. The second kappa shape index (κ2) is 3.02. The molecule has 5 aliphatic rings. The molecule has 4 aliphatic carbocycles. The molecule has 1 aliphatic heterocycles. The predicted molar refractivity (Wildman–Crippen MR) is 68.2 cm³/mol. The molecule has 1 spiro atoms. The van der Waals surface area contributed by atoms with Gasteiger partial charge >= 0.3 is 11.9 Å². The molecule has 0 N–H and O–H groups in total. The molecule has 5 rings (SSSR count). The van der Waals surface area contributed by atoms with E-state index in [4.69, 9.17) is 9.47 Å². The Hall–Kier alpha value is -1.58. The molecule has 4 heteroatoms. The van der Waals surface area contributed by atoms with Crippen molar-refractivity contribution in [3.8, 4) is 0 Å². The van der Waals surface area contributed by atoms with Crippen LogP contribution in [0.3, 0.4) is 0 Å². The number of esters is 2. The summed E-state index contributed by atoms with van der Waals surface area (Å²) < 4.78 is 10.5. The van der Waals surface area contributed by atoms with Gasteiger partial charge in [-0.25, -0.2) is 0 Å². The third-order valence-corrected chi connectivity index (χ3v) is 6.37. The van der Waals surface area contributed by atoms with Gasteiger partial charge in [-0.15, -0.1) is 0 Å². The van der Waals surface area contributed by atoms with E-state index in [0.29, 0.717) is 0 Å². The molecule has 1 heterocycles. The van der Waals surface area contributed by atoms with Gasteiger partial charge in [0.15, 0.2) is 0 Å². The van der Waals surface area contributed by atoms with Gasteiger partial charge in [0.25, 0.3) is 0 Å². The maximum absolute atomic E-state index is 12.7. The molecule has 0 aromatic carbocycles. The highest BCUT2D eigenvalue weighted by Gasteiger charge is 2.82. The lowest BCUT2D eigenvalue weighted by molar-refractivity contribution is -0.196. The first-order chi connectivity index (χ1) is 9.69. The minimum atomic E-state index is -0.651. The molecule has 0 amide bonds. The van der Waals surface area contributed by atoms with Crippen LogP contribution >= 0.6 is 0 Å². The van der Waals surface area contributed by atoms with Crippen molar-refractivity contribution in [1.29, 1.82) is 0 Å². The van der Waals surface area contributed by atoms with Crippen molar-refractivity contribution in [2.75, 3.05) is 6.79 Å². The lowest BCUT2D eigenvalue weighted by Crippen LogP contribution is -2.56. The fraction of sp³-hybridized carbons (Fsp3) is 0.625. The molecule has 20 heavy (non-hydrogen) atoms. The van der Waals surface area contributed by atoms with Gasteiger partial charge in [-0.2, -0.15) is 0 Å². The maximum atomic E-state index is 12.7. The zero-order chi connectivity index (χ0) is 13.6. The predicted octanol–water partition coefficient (Wildman–Crippen LogP) is 2.25. The highest BCUT2D eigenvalue weighted by Crippen LogP contribution is 2.82. The molecule has 104 valence electrons. The summed E-state index contributed by atoms with van der Waals surface area (Å²) in [6.45, 7) is -0.237. The van der Waals surface area contributed by atoms with E-state index in [1.54, 1.807) is 0 Å². The van der Waals surface area contributed by atoms with Gasteiger partial charge in [0.2, 0.25) is 6.79 Å². The topological polar surface area (TPSA) is 52.6 Å². The standard InChI is InChI=1S/C16H16O4/c17-12-15-6-7-16(11-8-10(11)15,13(18)20-9-19-12)14(15)4-2-1-3-5-14/h6-7H,1-5,8-9H2/t15-,16-/m1/s1. The number of cyclic esters (lactones) is 2. The van der Waals surface area contributed by atoms with Crippen molar-refractivity contribution in [1.82, 2.24) is 0 Å². The summed E-state index contributed by atoms with van der Waals surface area (Å²) in [6.07, 6.45) is 9.91. The van der Waals surface area contributed by atoms with Gasteiger partial charge < -0.3 is 9.47 Å². The monoisotopic (exact) mass is 272 g/mol. The minimum absolute atomic E-state index is 0.201. The van der Waals surface area contributed by atoms with Crippen LogP contribution in [-0.2, 0) is 19.1 Å². The van der Waals surface area contributed by atoms with Crippen molar-refractivity contribution in [2.24, 2.45) is 16.2 Å². The third-order valence-electron chi connectivity index (χ3n) is 6.37. The van der Waals surface area contributed by atoms with Crippen LogP contribution in [0.5, 0.6) is 0 Å².